The lowest BCUT2D eigenvalue weighted by molar-refractivity contribution is -0.139. The Morgan fingerprint density at radius 1 is 1.33 bits per heavy atom. The van der Waals surface area contributed by atoms with Crippen LogP contribution in [0.1, 0.15) is 10.6 Å². The van der Waals surface area contributed by atoms with Gasteiger partial charge in [0.25, 0.3) is 0 Å². The Morgan fingerprint density at radius 3 is 2.71 bits per heavy atom. The van der Waals surface area contributed by atoms with Crippen LogP contribution in [0.2, 0.25) is 0 Å². The van der Waals surface area contributed by atoms with Crippen molar-refractivity contribution in [2.45, 2.75) is 13.3 Å². The molecule has 1 aromatic heterocycles. The smallest absolute Gasteiger partial charge is 0.310 e. The number of ether oxygens (including phenoxy) is 1. The summed E-state index contributed by atoms with van der Waals surface area (Å²) in [5, 5.41) is 7.20. The second kappa shape index (κ2) is 7.14. The molecule has 0 fully saturated rings. The Bertz CT molecular complexity index is 641. The van der Waals surface area contributed by atoms with E-state index < -0.39 is 0 Å². The number of anilines is 2. The number of benzene rings is 1. The summed E-state index contributed by atoms with van der Waals surface area (Å²) >= 11 is 6.63. The van der Waals surface area contributed by atoms with Crippen LogP contribution in [0.4, 0.5) is 10.8 Å². The van der Waals surface area contributed by atoms with Gasteiger partial charge in [-0.25, -0.2) is 4.98 Å². The van der Waals surface area contributed by atoms with E-state index in [0.29, 0.717) is 10.2 Å². The van der Waals surface area contributed by atoms with E-state index in [0.717, 1.165) is 16.3 Å². The molecule has 0 saturated carbocycles. The maximum atomic E-state index is 11.3. The largest absolute Gasteiger partial charge is 0.469 e. The molecule has 2 rings (SSSR count). The second-order valence-corrected chi connectivity index (χ2v) is 5.72. The number of hydrogen-bond donors (Lipinski definition) is 2. The van der Waals surface area contributed by atoms with Crippen LogP contribution >= 0.6 is 23.6 Å². The molecule has 0 aliphatic rings. The summed E-state index contributed by atoms with van der Waals surface area (Å²) in [7, 11) is 1.37. The molecule has 0 spiro atoms. The lowest BCUT2D eigenvalue weighted by Crippen LogP contribution is -2.18. The van der Waals surface area contributed by atoms with Gasteiger partial charge in [0.05, 0.1) is 19.2 Å². The minimum absolute atomic E-state index is 0.223. The highest BCUT2D eigenvalue weighted by molar-refractivity contribution is 7.80. The molecule has 2 N–H and O–H groups in total. The molecule has 0 aliphatic heterocycles. The summed E-state index contributed by atoms with van der Waals surface area (Å²) in [5.74, 6) is -0.279. The van der Waals surface area contributed by atoms with E-state index in [2.05, 4.69) is 20.4 Å². The number of para-hydroxylation sites is 1. The molecule has 110 valence electrons. The van der Waals surface area contributed by atoms with Crippen molar-refractivity contribution in [2.75, 3.05) is 17.7 Å². The zero-order chi connectivity index (χ0) is 15.2. The summed E-state index contributed by atoms with van der Waals surface area (Å²) in [4.78, 5) is 16.5. The normalized spacial score (nSPS) is 10.0. The summed E-state index contributed by atoms with van der Waals surface area (Å²) in [6.07, 6.45) is 0.223. The summed E-state index contributed by atoms with van der Waals surface area (Å²) in [5.41, 5.74) is 1.70. The quantitative estimate of drug-likeness (QED) is 0.667. The average Bonchev–Trinajstić information content (AvgIpc) is 2.79. The number of thiocarbonyl (C=S) groups is 1. The fourth-order valence-electron chi connectivity index (χ4n) is 1.63. The maximum absolute atomic E-state index is 11.3. The predicted octanol–water partition coefficient (Wildman–Crippen LogP) is 2.98. The van der Waals surface area contributed by atoms with Crippen molar-refractivity contribution >= 4 is 45.5 Å². The topological polar surface area (TPSA) is 63.2 Å². The number of methoxy groups -OCH3 is 1. The third kappa shape index (κ3) is 4.51. The average molecular weight is 321 g/mol. The van der Waals surface area contributed by atoms with Crippen molar-refractivity contribution in [3.05, 3.63) is 40.9 Å². The Hall–Kier alpha value is -1.99. The first kappa shape index (κ1) is 15.4. The maximum Gasteiger partial charge on any atom is 0.310 e. The monoisotopic (exact) mass is 321 g/mol. The van der Waals surface area contributed by atoms with Crippen LogP contribution in [0.15, 0.2) is 30.3 Å². The number of esters is 1. The molecular weight excluding hydrogens is 306 g/mol. The van der Waals surface area contributed by atoms with Gasteiger partial charge in [-0.3, -0.25) is 4.79 Å². The number of aryl methyl sites for hydroxylation is 1. The number of carbonyl (C=O) groups is 1. The third-order valence-electron chi connectivity index (χ3n) is 2.68. The van der Waals surface area contributed by atoms with Gasteiger partial charge in [0.2, 0.25) is 0 Å². The Morgan fingerprint density at radius 2 is 2.05 bits per heavy atom. The van der Waals surface area contributed by atoms with Crippen molar-refractivity contribution in [2.24, 2.45) is 0 Å². The van der Waals surface area contributed by atoms with Crippen molar-refractivity contribution in [1.29, 1.82) is 0 Å². The fraction of sp³-hybridized carbons (Fsp3) is 0.214. The van der Waals surface area contributed by atoms with Gasteiger partial charge in [-0.1, -0.05) is 18.2 Å². The van der Waals surface area contributed by atoms with Crippen LogP contribution in [-0.4, -0.2) is 23.2 Å². The molecule has 0 bridgehead atoms. The molecule has 1 heterocycles. The fourth-order valence-corrected chi connectivity index (χ4v) is 2.86. The van der Waals surface area contributed by atoms with Gasteiger partial charge in [0.1, 0.15) is 0 Å². The first-order valence-corrected chi connectivity index (χ1v) is 7.47. The molecule has 0 aliphatic carbocycles. The Kier molecular flexibility index (Phi) is 5.24. The summed E-state index contributed by atoms with van der Waals surface area (Å²) < 4.78 is 4.66. The minimum atomic E-state index is -0.279. The van der Waals surface area contributed by atoms with Gasteiger partial charge in [-0.2, -0.15) is 0 Å². The molecule has 0 radical (unpaired) electrons. The number of nitrogens with one attached hydrogen (secondary N) is 2. The highest BCUT2D eigenvalue weighted by Crippen LogP contribution is 2.23. The first-order valence-electron chi connectivity index (χ1n) is 6.24. The molecule has 0 unspecified atom stereocenters. The second-order valence-electron chi connectivity index (χ2n) is 4.23. The lowest BCUT2D eigenvalue weighted by Gasteiger charge is -2.07. The number of hydrogen-bond acceptors (Lipinski definition) is 5. The standard InChI is InChI=1S/C14H15N3O2S2/c1-9-11(8-12(18)19-2)21-14(15-9)17-13(20)16-10-6-4-3-5-7-10/h3-7H,8H2,1-2H3,(H2,15,16,17,20). The predicted molar refractivity (Wildman–Crippen MR) is 88.9 cm³/mol. The molecule has 5 nitrogen and oxygen atoms in total. The van der Waals surface area contributed by atoms with Crippen LogP contribution in [0, 0.1) is 6.92 Å². The zero-order valence-corrected chi connectivity index (χ0v) is 13.3. The third-order valence-corrected chi connectivity index (χ3v) is 3.95. The van der Waals surface area contributed by atoms with Crippen LogP contribution in [0.25, 0.3) is 0 Å². The SMILES string of the molecule is COC(=O)Cc1sc(NC(=S)Nc2ccccc2)nc1C. The Balaban J connectivity index is 1.98. The van der Waals surface area contributed by atoms with Crippen molar-refractivity contribution in [3.63, 3.8) is 0 Å². The van der Waals surface area contributed by atoms with Crippen LogP contribution in [0.3, 0.4) is 0 Å². The Labute approximate surface area is 132 Å². The van der Waals surface area contributed by atoms with E-state index >= 15 is 0 Å². The number of aromatic nitrogens is 1. The molecule has 0 atom stereocenters. The molecule has 0 saturated heterocycles. The van der Waals surface area contributed by atoms with Gasteiger partial charge in [0.15, 0.2) is 10.2 Å². The zero-order valence-electron chi connectivity index (χ0n) is 11.7. The highest BCUT2D eigenvalue weighted by Gasteiger charge is 2.12. The number of carbonyl (C=O) groups excluding carboxylic acids is 1. The van der Waals surface area contributed by atoms with E-state index in [9.17, 15) is 4.79 Å². The molecular formula is C14H15N3O2S2. The van der Waals surface area contributed by atoms with Crippen LogP contribution < -0.4 is 10.6 Å². The van der Waals surface area contributed by atoms with Gasteiger partial charge >= 0.3 is 5.97 Å². The number of rotatable bonds is 4. The van der Waals surface area contributed by atoms with Crippen LogP contribution in [-0.2, 0) is 16.0 Å². The van der Waals surface area contributed by atoms with Gasteiger partial charge in [-0.15, -0.1) is 11.3 Å². The number of nitrogens with zero attached hydrogens (tertiary/aromatic N) is 1. The van der Waals surface area contributed by atoms with E-state index in [4.69, 9.17) is 12.2 Å². The lowest BCUT2D eigenvalue weighted by atomic mass is 10.3. The van der Waals surface area contributed by atoms with Crippen LogP contribution in [0.5, 0.6) is 0 Å². The summed E-state index contributed by atoms with van der Waals surface area (Å²) in [6.45, 7) is 1.85. The summed E-state index contributed by atoms with van der Waals surface area (Å²) in [6, 6.07) is 9.62. The highest BCUT2D eigenvalue weighted by atomic mass is 32.1. The molecule has 1 aromatic carbocycles. The molecule has 0 amide bonds. The van der Waals surface area contributed by atoms with E-state index in [1.54, 1.807) is 0 Å². The van der Waals surface area contributed by atoms with E-state index in [1.807, 2.05) is 37.3 Å². The molecule has 21 heavy (non-hydrogen) atoms. The van der Waals surface area contributed by atoms with E-state index in [1.165, 1.54) is 18.4 Å². The minimum Gasteiger partial charge on any atom is -0.469 e. The van der Waals surface area contributed by atoms with E-state index in [-0.39, 0.29) is 12.4 Å². The first-order chi connectivity index (χ1) is 10.1. The molecule has 2 aromatic rings. The molecule has 7 heteroatoms. The van der Waals surface area contributed by atoms with Crippen molar-refractivity contribution in [1.82, 2.24) is 4.98 Å². The van der Waals surface area contributed by atoms with Crippen molar-refractivity contribution < 1.29 is 9.53 Å². The van der Waals surface area contributed by atoms with Gasteiger partial charge < -0.3 is 15.4 Å². The van der Waals surface area contributed by atoms with Gasteiger partial charge in [0, 0.05) is 10.6 Å². The van der Waals surface area contributed by atoms with Crippen molar-refractivity contribution in [3.8, 4) is 0 Å². The number of thiazole rings is 1. The van der Waals surface area contributed by atoms with Gasteiger partial charge in [-0.05, 0) is 31.3 Å².